The van der Waals surface area contributed by atoms with Crippen LogP contribution in [0, 0.1) is 23.5 Å². The first-order valence-electron chi connectivity index (χ1n) is 5.52. The Balaban J connectivity index is 2.19. The number of nitrogens with one attached hydrogen (secondary N) is 1. The van der Waals surface area contributed by atoms with Gasteiger partial charge in [0.15, 0.2) is 0 Å². The average molecular weight is 280 g/mol. The molecular weight excluding hydrogens is 268 g/mol. The topological polar surface area (TPSA) is 24.9 Å². The second-order valence-electron chi connectivity index (χ2n) is 4.21. The number of hydrogen-bond donors (Lipinski definition) is 1. The predicted molar refractivity (Wildman–Crippen MR) is 62.6 cm³/mol. The third kappa shape index (κ3) is 2.55. The number of pyridine rings is 1. The molecule has 1 aromatic heterocycles. The third-order valence-electron chi connectivity index (χ3n) is 3.06. The first-order chi connectivity index (χ1) is 8.52. The molecule has 2 rings (SSSR count). The molecular formula is C11H12F4N2S. The van der Waals surface area contributed by atoms with Gasteiger partial charge in [-0.3, -0.25) is 0 Å². The molecule has 100 valence electrons. The Kier molecular flexibility index (Phi) is 3.99. The van der Waals surface area contributed by atoms with E-state index in [0.717, 1.165) is 12.8 Å². The zero-order valence-electron chi connectivity index (χ0n) is 9.64. The largest absolute Gasteiger partial charge is 0.377 e. The van der Waals surface area contributed by atoms with Gasteiger partial charge in [0, 0.05) is 11.3 Å². The highest BCUT2D eigenvalue weighted by molar-refractivity contribution is 7.99. The molecule has 1 fully saturated rings. The summed E-state index contributed by atoms with van der Waals surface area (Å²) in [5, 5.41) is 2.95. The first kappa shape index (κ1) is 13.5. The molecule has 0 radical (unpaired) electrons. The molecule has 7 heteroatoms. The Morgan fingerprint density at radius 3 is 2.22 bits per heavy atom. The summed E-state index contributed by atoms with van der Waals surface area (Å²) in [4.78, 5) is 2.51. The lowest BCUT2D eigenvalue weighted by Crippen LogP contribution is -2.19. The Morgan fingerprint density at radius 1 is 1.11 bits per heavy atom. The Hall–Kier alpha value is -0.980. The van der Waals surface area contributed by atoms with Crippen LogP contribution in [-0.2, 0) is 0 Å². The average Bonchev–Trinajstić information content (AvgIpc) is 2.80. The van der Waals surface area contributed by atoms with Crippen LogP contribution in [0.3, 0.4) is 0 Å². The van der Waals surface area contributed by atoms with Crippen molar-refractivity contribution in [3.8, 4) is 0 Å². The second-order valence-corrected chi connectivity index (χ2v) is 5.35. The summed E-state index contributed by atoms with van der Waals surface area (Å²) >= 11 is 1.67. The summed E-state index contributed by atoms with van der Waals surface area (Å²) in [6.07, 6.45) is 4.31. The summed E-state index contributed by atoms with van der Waals surface area (Å²) in [5.74, 6) is -6.20. The van der Waals surface area contributed by atoms with Crippen LogP contribution in [0.4, 0.5) is 23.2 Å². The minimum absolute atomic E-state index is 0.173. The van der Waals surface area contributed by atoms with Crippen molar-refractivity contribution in [2.45, 2.75) is 30.6 Å². The molecule has 1 aliphatic carbocycles. The Morgan fingerprint density at radius 2 is 1.72 bits per heavy atom. The zero-order chi connectivity index (χ0) is 13.3. The van der Waals surface area contributed by atoms with Crippen LogP contribution in [0.25, 0.3) is 0 Å². The molecule has 1 aliphatic rings. The Labute approximate surface area is 106 Å². The molecule has 1 N–H and O–H groups in total. The molecule has 0 bridgehead atoms. The van der Waals surface area contributed by atoms with Crippen LogP contribution in [0.1, 0.15) is 19.3 Å². The minimum atomic E-state index is -1.63. The predicted octanol–water partition coefficient (Wildman–Crippen LogP) is 3.33. The number of nitrogens with zero attached hydrogens (tertiary/aromatic N) is 1. The van der Waals surface area contributed by atoms with Gasteiger partial charge < -0.3 is 5.32 Å². The fourth-order valence-corrected chi connectivity index (χ4v) is 2.90. The van der Waals surface area contributed by atoms with Crippen molar-refractivity contribution < 1.29 is 17.6 Å². The van der Waals surface area contributed by atoms with Crippen molar-refractivity contribution >= 4 is 17.4 Å². The lowest BCUT2D eigenvalue weighted by atomic mass is 10.2. The highest BCUT2D eigenvalue weighted by Crippen LogP contribution is 2.32. The molecule has 0 aliphatic heterocycles. The fourth-order valence-electron chi connectivity index (χ4n) is 2.10. The van der Waals surface area contributed by atoms with Gasteiger partial charge in [-0.15, -0.1) is 0 Å². The number of hydrogen-bond acceptors (Lipinski definition) is 3. The molecule has 0 aromatic carbocycles. The quantitative estimate of drug-likeness (QED) is 0.679. The molecule has 0 saturated heterocycles. The van der Waals surface area contributed by atoms with E-state index in [9.17, 15) is 17.6 Å². The smallest absolute Gasteiger partial charge is 0.253 e. The van der Waals surface area contributed by atoms with E-state index in [-0.39, 0.29) is 6.04 Å². The van der Waals surface area contributed by atoms with E-state index < -0.39 is 29.2 Å². The number of aromatic nitrogens is 1. The third-order valence-corrected chi connectivity index (χ3v) is 4.16. The van der Waals surface area contributed by atoms with Gasteiger partial charge in [0.1, 0.15) is 5.69 Å². The number of halogens is 4. The second kappa shape index (κ2) is 5.34. The minimum Gasteiger partial charge on any atom is -0.377 e. The molecule has 2 unspecified atom stereocenters. The standard InChI is InChI=1S/C11H12F4N2S/c1-18-6-3-2-5(4-6)16-9-7(12)10(14)17-11(15)8(9)13/h5-6H,2-4H2,1H3,(H,16,17). The van der Waals surface area contributed by atoms with Crippen molar-refractivity contribution in [2.24, 2.45) is 0 Å². The lowest BCUT2D eigenvalue weighted by molar-refractivity contribution is 0.409. The van der Waals surface area contributed by atoms with Crippen LogP contribution in [0.5, 0.6) is 0 Å². The van der Waals surface area contributed by atoms with Crippen molar-refractivity contribution in [2.75, 3.05) is 11.6 Å². The fraction of sp³-hybridized carbons (Fsp3) is 0.545. The van der Waals surface area contributed by atoms with E-state index in [1.807, 2.05) is 6.26 Å². The van der Waals surface area contributed by atoms with Gasteiger partial charge >= 0.3 is 0 Å². The van der Waals surface area contributed by atoms with Gasteiger partial charge in [-0.1, -0.05) is 0 Å². The van der Waals surface area contributed by atoms with Gasteiger partial charge in [0.05, 0.1) is 0 Å². The maximum Gasteiger partial charge on any atom is 0.253 e. The van der Waals surface area contributed by atoms with Crippen LogP contribution >= 0.6 is 11.8 Å². The van der Waals surface area contributed by atoms with E-state index in [0.29, 0.717) is 11.7 Å². The molecule has 0 amide bonds. The van der Waals surface area contributed by atoms with E-state index in [1.165, 1.54) is 0 Å². The number of anilines is 1. The van der Waals surface area contributed by atoms with E-state index in [4.69, 9.17) is 0 Å². The molecule has 0 spiro atoms. The van der Waals surface area contributed by atoms with Crippen LogP contribution < -0.4 is 5.32 Å². The van der Waals surface area contributed by atoms with Gasteiger partial charge in [0.2, 0.25) is 11.6 Å². The van der Waals surface area contributed by atoms with Gasteiger partial charge in [-0.05, 0) is 25.5 Å². The first-order valence-corrected chi connectivity index (χ1v) is 6.81. The van der Waals surface area contributed by atoms with Crippen LogP contribution in [0.2, 0.25) is 0 Å². The zero-order valence-corrected chi connectivity index (χ0v) is 10.5. The van der Waals surface area contributed by atoms with E-state index >= 15 is 0 Å². The molecule has 1 saturated carbocycles. The van der Waals surface area contributed by atoms with E-state index in [1.54, 1.807) is 11.8 Å². The maximum absolute atomic E-state index is 13.4. The normalized spacial score (nSPS) is 23.4. The highest BCUT2D eigenvalue weighted by Gasteiger charge is 2.28. The molecule has 18 heavy (non-hydrogen) atoms. The number of rotatable bonds is 3. The highest BCUT2D eigenvalue weighted by atomic mass is 32.2. The molecule has 2 atom stereocenters. The van der Waals surface area contributed by atoms with Crippen molar-refractivity contribution in [1.82, 2.24) is 4.98 Å². The van der Waals surface area contributed by atoms with Gasteiger partial charge in [-0.2, -0.15) is 34.3 Å². The van der Waals surface area contributed by atoms with E-state index in [2.05, 4.69) is 10.3 Å². The summed E-state index contributed by atoms with van der Waals surface area (Å²) < 4.78 is 52.5. The number of thioether (sulfide) groups is 1. The van der Waals surface area contributed by atoms with Crippen molar-refractivity contribution in [3.05, 3.63) is 23.5 Å². The summed E-state index contributed by atoms with van der Waals surface area (Å²) in [7, 11) is 0. The summed E-state index contributed by atoms with van der Waals surface area (Å²) in [5.41, 5.74) is -0.758. The van der Waals surface area contributed by atoms with Gasteiger partial charge in [0.25, 0.3) is 11.9 Å². The summed E-state index contributed by atoms with van der Waals surface area (Å²) in [6.45, 7) is 0. The SMILES string of the molecule is CSC1CCC(Nc2c(F)c(F)nc(F)c2F)C1. The lowest BCUT2D eigenvalue weighted by Gasteiger charge is -2.15. The van der Waals surface area contributed by atoms with Crippen LogP contribution in [0.15, 0.2) is 0 Å². The Bertz CT molecular complexity index is 429. The van der Waals surface area contributed by atoms with Crippen molar-refractivity contribution in [1.29, 1.82) is 0 Å². The monoisotopic (exact) mass is 280 g/mol. The van der Waals surface area contributed by atoms with Gasteiger partial charge in [-0.25, -0.2) is 0 Å². The molecule has 1 aromatic rings. The van der Waals surface area contributed by atoms with Crippen LogP contribution in [-0.4, -0.2) is 22.5 Å². The molecule has 2 nitrogen and oxygen atoms in total. The maximum atomic E-state index is 13.4. The summed E-state index contributed by atoms with van der Waals surface area (Å²) in [6, 6.07) is -0.173. The molecule has 1 heterocycles. The van der Waals surface area contributed by atoms with Crippen molar-refractivity contribution in [3.63, 3.8) is 0 Å².